The van der Waals surface area contributed by atoms with E-state index in [1.54, 1.807) is 41.3 Å². The lowest BCUT2D eigenvalue weighted by Crippen LogP contribution is -2.34. The summed E-state index contributed by atoms with van der Waals surface area (Å²) >= 11 is 0. The number of anilines is 1. The number of carboxylic acid groups (broad SMARTS) is 1. The van der Waals surface area contributed by atoms with Crippen molar-refractivity contribution in [1.29, 1.82) is 0 Å². The number of halogens is 3. The number of nitrogens with one attached hydrogen (secondary N) is 1. The van der Waals surface area contributed by atoms with Gasteiger partial charge in [-0.15, -0.1) is 0 Å². The monoisotopic (exact) mass is 770 g/mol. The molecule has 0 radical (unpaired) electrons. The lowest BCUT2D eigenvalue weighted by Gasteiger charge is -2.20. The van der Waals surface area contributed by atoms with E-state index >= 15 is 4.39 Å². The van der Waals surface area contributed by atoms with E-state index in [1.165, 1.54) is 20.3 Å². The molecule has 13 nitrogen and oxygen atoms in total. The zero-order valence-corrected chi connectivity index (χ0v) is 29.9. The largest absolute Gasteiger partial charge is 0.496 e. The van der Waals surface area contributed by atoms with Gasteiger partial charge in [-0.25, -0.2) is 22.9 Å². The van der Waals surface area contributed by atoms with Crippen LogP contribution in [0, 0.1) is 17.5 Å². The average molecular weight is 771 g/mol. The second-order valence-corrected chi connectivity index (χ2v) is 13.0. The molecule has 1 aliphatic rings. The Bertz CT molecular complexity index is 2630. The predicted molar refractivity (Wildman–Crippen MR) is 199 cm³/mol. The molecular weight excluding hydrogens is 737 g/mol. The Morgan fingerprint density at radius 2 is 1.75 bits per heavy atom. The Kier molecular flexibility index (Phi) is 10.5. The highest BCUT2D eigenvalue weighted by Gasteiger charge is 2.28. The maximum atomic E-state index is 15.5. The third-order valence-corrected chi connectivity index (χ3v) is 9.39. The minimum atomic E-state index is -1.60. The van der Waals surface area contributed by atoms with Crippen molar-refractivity contribution in [2.45, 2.75) is 25.3 Å². The molecule has 288 valence electrons. The van der Waals surface area contributed by atoms with Crippen molar-refractivity contribution in [2.75, 3.05) is 38.8 Å². The van der Waals surface area contributed by atoms with E-state index in [-0.39, 0.29) is 45.8 Å². The fraction of sp³-hybridized carbons (Fsp3) is 0.225. The second kappa shape index (κ2) is 15.6. The van der Waals surface area contributed by atoms with Gasteiger partial charge in [0.05, 0.1) is 25.3 Å². The Morgan fingerprint density at radius 3 is 2.46 bits per heavy atom. The smallest absolute Gasteiger partial charge is 0.341 e. The SMILES string of the molecule is COc1cc(OC)c2c(=O)cc(-c3ccc(OC(=O)CCCNC4CCN(c5nc6c(cc5F)c(=O)c(C(=O)O)cn6-c5ccc(F)cc5F)C4)cc3)oc2c1. The molecule has 56 heavy (non-hydrogen) atoms. The van der Waals surface area contributed by atoms with Crippen LogP contribution in [0.1, 0.15) is 29.6 Å². The van der Waals surface area contributed by atoms with Crippen molar-refractivity contribution in [3.63, 3.8) is 0 Å². The highest BCUT2D eigenvalue weighted by molar-refractivity contribution is 5.93. The van der Waals surface area contributed by atoms with E-state index < -0.39 is 40.4 Å². The van der Waals surface area contributed by atoms with Gasteiger partial charge in [0.25, 0.3) is 0 Å². The van der Waals surface area contributed by atoms with Crippen LogP contribution in [-0.2, 0) is 4.79 Å². The molecule has 4 heterocycles. The van der Waals surface area contributed by atoms with Crippen molar-refractivity contribution in [1.82, 2.24) is 14.9 Å². The first-order chi connectivity index (χ1) is 26.9. The summed E-state index contributed by atoms with van der Waals surface area (Å²) in [6, 6.07) is 14.5. The number of pyridine rings is 2. The van der Waals surface area contributed by atoms with E-state index in [9.17, 15) is 33.1 Å². The molecule has 1 aliphatic heterocycles. The van der Waals surface area contributed by atoms with Crippen LogP contribution in [0.5, 0.6) is 17.2 Å². The average Bonchev–Trinajstić information content (AvgIpc) is 3.65. The number of methoxy groups -OCH3 is 2. The molecule has 0 bridgehead atoms. The third-order valence-electron chi connectivity index (χ3n) is 9.39. The number of rotatable bonds is 12. The third kappa shape index (κ3) is 7.50. The number of esters is 1. The molecule has 2 N–H and O–H groups in total. The Hall–Kier alpha value is -6.68. The summed E-state index contributed by atoms with van der Waals surface area (Å²) in [7, 11) is 2.94. The molecule has 1 fully saturated rings. The summed E-state index contributed by atoms with van der Waals surface area (Å²) in [4.78, 5) is 56.2. The summed E-state index contributed by atoms with van der Waals surface area (Å²) in [5, 5.41) is 12.8. The molecule has 1 unspecified atom stereocenters. The number of nitrogens with zero attached hydrogens (tertiary/aromatic N) is 3. The van der Waals surface area contributed by atoms with Gasteiger partial charge < -0.3 is 34.0 Å². The van der Waals surface area contributed by atoms with Crippen LogP contribution in [0.3, 0.4) is 0 Å². The molecule has 3 aromatic heterocycles. The molecule has 7 rings (SSSR count). The van der Waals surface area contributed by atoms with E-state index in [4.69, 9.17) is 18.6 Å². The number of fused-ring (bicyclic) bond motifs is 2. The molecule has 1 saturated heterocycles. The number of benzene rings is 3. The number of carboxylic acids is 1. The summed E-state index contributed by atoms with van der Waals surface area (Å²) in [6.45, 7) is 1.13. The minimum Gasteiger partial charge on any atom is -0.496 e. The van der Waals surface area contributed by atoms with Crippen LogP contribution in [0.4, 0.5) is 19.0 Å². The highest BCUT2D eigenvalue weighted by Crippen LogP contribution is 2.32. The first kappa shape index (κ1) is 37.6. The van der Waals surface area contributed by atoms with Crippen LogP contribution >= 0.6 is 0 Å². The Morgan fingerprint density at radius 1 is 0.964 bits per heavy atom. The predicted octanol–water partition coefficient (Wildman–Crippen LogP) is 5.85. The maximum absolute atomic E-state index is 15.5. The summed E-state index contributed by atoms with van der Waals surface area (Å²) < 4.78 is 67.1. The molecule has 3 aromatic carbocycles. The standard InChI is InChI=1S/C40H33F3N4O9/c1-53-25-15-33(54-2)36-31(48)18-32(56-34(36)16-25)21-5-8-24(9-6-21)55-35(49)4-3-12-44-23-11-13-46(19-23)39-29(43)17-26-37(50)27(40(51)52)20-47(38(26)45-39)30-10-7-22(41)14-28(30)42/h5-10,14-18,20,23,44H,3-4,11-13,19H2,1-2H3,(H,51,52). The van der Waals surface area contributed by atoms with Crippen LogP contribution < -0.4 is 35.3 Å². The van der Waals surface area contributed by atoms with Gasteiger partial charge in [0.1, 0.15) is 51.2 Å². The first-order valence-corrected chi connectivity index (χ1v) is 17.4. The topological polar surface area (TPSA) is 162 Å². The van der Waals surface area contributed by atoms with E-state index in [0.717, 1.165) is 29.0 Å². The van der Waals surface area contributed by atoms with Gasteiger partial charge in [-0.05, 0) is 61.9 Å². The van der Waals surface area contributed by atoms with Crippen LogP contribution in [-0.4, -0.2) is 66.5 Å². The van der Waals surface area contributed by atoms with Gasteiger partial charge in [0, 0.05) is 61.6 Å². The van der Waals surface area contributed by atoms with Gasteiger partial charge in [-0.3, -0.25) is 19.0 Å². The van der Waals surface area contributed by atoms with Crippen molar-refractivity contribution in [3.8, 4) is 34.3 Å². The Balaban J connectivity index is 0.960. The maximum Gasteiger partial charge on any atom is 0.341 e. The fourth-order valence-electron chi connectivity index (χ4n) is 6.63. The van der Waals surface area contributed by atoms with E-state index in [1.807, 2.05) is 0 Å². The van der Waals surface area contributed by atoms with Gasteiger partial charge in [0.15, 0.2) is 22.7 Å². The molecule has 0 amide bonds. The number of carbonyl (C=O) groups excluding carboxylic acids is 1. The summed E-state index contributed by atoms with van der Waals surface area (Å²) in [6.07, 6.45) is 2.01. The molecule has 0 saturated carbocycles. The molecular formula is C40H33F3N4O9. The molecule has 0 aliphatic carbocycles. The van der Waals surface area contributed by atoms with Crippen LogP contribution in [0.2, 0.25) is 0 Å². The van der Waals surface area contributed by atoms with Crippen molar-refractivity contribution < 1.29 is 46.5 Å². The molecule has 1 atom stereocenters. The molecule has 16 heteroatoms. The van der Waals surface area contributed by atoms with Gasteiger partial charge in [-0.2, -0.15) is 0 Å². The van der Waals surface area contributed by atoms with E-state index in [0.29, 0.717) is 72.7 Å². The van der Waals surface area contributed by atoms with Crippen molar-refractivity contribution >= 4 is 39.8 Å². The van der Waals surface area contributed by atoms with Gasteiger partial charge in [0.2, 0.25) is 5.43 Å². The van der Waals surface area contributed by atoms with Gasteiger partial charge in [-0.1, -0.05) is 0 Å². The van der Waals surface area contributed by atoms with Crippen LogP contribution in [0.15, 0.2) is 86.9 Å². The Labute approximate surface area is 315 Å². The lowest BCUT2D eigenvalue weighted by molar-refractivity contribution is -0.134. The summed E-state index contributed by atoms with van der Waals surface area (Å²) in [5.74, 6) is -3.56. The zero-order valence-electron chi connectivity index (χ0n) is 29.9. The number of hydrogen-bond acceptors (Lipinski definition) is 11. The number of aromatic nitrogens is 2. The van der Waals surface area contributed by atoms with Gasteiger partial charge >= 0.3 is 11.9 Å². The van der Waals surface area contributed by atoms with Crippen molar-refractivity contribution in [3.05, 3.63) is 116 Å². The first-order valence-electron chi connectivity index (χ1n) is 17.4. The number of hydrogen-bond donors (Lipinski definition) is 2. The minimum absolute atomic E-state index is 0.102. The number of carbonyl (C=O) groups is 2. The fourth-order valence-corrected chi connectivity index (χ4v) is 6.63. The lowest BCUT2D eigenvalue weighted by atomic mass is 10.1. The van der Waals surface area contributed by atoms with Crippen LogP contribution in [0.25, 0.3) is 39.0 Å². The molecule has 0 spiro atoms. The summed E-state index contributed by atoms with van der Waals surface area (Å²) in [5.41, 5.74) is -1.63. The van der Waals surface area contributed by atoms with Crippen molar-refractivity contribution in [2.24, 2.45) is 0 Å². The number of ether oxygens (including phenoxy) is 3. The highest BCUT2D eigenvalue weighted by atomic mass is 19.1. The van der Waals surface area contributed by atoms with E-state index in [2.05, 4.69) is 10.3 Å². The number of aromatic carboxylic acids is 1. The normalized spacial score (nSPS) is 14.0. The quantitative estimate of drug-likeness (QED) is 0.0870. The molecule has 6 aromatic rings. The second-order valence-electron chi connectivity index (χ2n) is 13.0. The zero-order chi connectivity index (χ0) is 39.7.